The largest absolute Gasteiger partial charge is 0.274 e. The van der Waals surface area contributed by atoms with Crippen molar-refractivity contribution >= 4 is 97.2 Å². The standard InChI is InChI=1S/C52H28N2O2S2/c55-51-37-17-9-7-15-35(37)49-45-43(47(57-49)31-11-3-1-4-12-31)39-27-33(23-25-41(39)53(45)51)29-19-21-30(22-20-29)34-24-26-42-40(28-34)44-46-50(58-48(44)32-13-5-2-6-14-32)36-16-8-10-18-38(36)52(56)54(42)46/h1-28H. The van der Waals surface area contributed by atoms with Gasteiger partial charge in [-0.25, -0.2) is 0 Å². The number of benzene rings is 7. The van der Waals surface area contributed by atoms with Crippen molar-refractivity contribution in [3.05, 3.63) is 191 Å². The van der Waals surface area contributed by atoms with E-state index in [0.717, 1.165) is 108 Å². The van der Waals surface area contributed by atoms with Gasteiger partial charge in [-0.2, -0.15) is 0 Å². The van der Waals surface area contributed by atoms with Crippen LogP contribution in [-0.4, -0.2) is 8.80 Å². The van der Waals surface area contributed by atoms with Crippen LogP contribution in [0.1, 0.15) is 0 Å². The van der Waals surface area contributed by atoms with Gasteiger partial charge < -0.3 is 0 Å². The third-order valence-corrected chi connectivity index (χ3v) is 14.6. The van der Waals surface area contributed by atoms with E-state index in [1.165, 1.54) is 9.75 Å². The molecule has 0 radical (unpaired) electrons. The van der Waals surface area contributed by atoms with E-state index in [4.69, 9.17) is 0 Å². The van der Waals surface area contributed by atoms with Gasteiger partial charge >= 0.3 is 0 Å². The molecule has 0 fully saturated rings. The molecular formula is C52H28N2O2S2. The average Bonchev–Trinajstić information content (AvgIpc) is 4.05. The van der Waals surface area contributed by atoms with E-state index in [1.807, 2.05) is 57.3 Å². The smallest absolute Gasteiger partial charge is 0.263 e. The van der Waals surface area contributed by atoms with Crippen LogP contribution < -0.4 is 11.1 Å². The minimum Gasteiger partial charge on any atom is -0.274 e. The average molecular weight is 777 g/mol. The Kier molecular flexibility index (Phi) is 6.46. The van der Waals surface area contributed by atoms with Gasteiger partial charge in [0.15, 0.2) is 0 Å². The molecule has 6 aromatic heterocycles. The molecule has 58 heavy (non-hydrogen) atoms. The van der Waals surface area contributed by atoms with Crippen molar-refractivity contribution in [1.29, 1.82) is 0 Å². The van der Waals surface area contributed by atoms with Crippen molar-refractivity contribution in [3.63, 3.8) is 0 Å². The predicted octanol–water partition coefficient (Wildman–Crippen LogP) is 13.5. The van der Waals surface area contributed by atoms with Gasteiger partial charge in [0.05, 0.1) is 31.5 Å². The molecule has 13 aromatic rings. The Morgan fingerprint density at radius 2 is 0.690 bits per heavy atom. The summed E-state index contributed by atoms with van der Waals surface area (Å²) in [5.74, 6) is 0. The van der Waals surface area contributed by atoms with Crippen molar-refractivity contribution in [3.8, 4) is 43.1 Å². The van der Waals surface area contributed by atoms with Crippen LogP contribution in [0.25, 0.3) is 118 Å². The van der Waals surface area contributed by atoms with Gasteiger partial charge in [0.25, 0.3) is 11.1 Å². The molecule has 6 heterocycles. The normalized spacial score (nSPS) is 12.3. The first-order valence-electron chi connectivity index (χ1n) is 19.3. The quantitative estimate of drug-likeness (QED) is 0.179. The van der Waals surface area contributed by atoms with E-state index in [2.05, 4.69) is 121 Å². The fourth-order valence-electron chi connectivity index (χ4n) is 9.44. The highest BCUT2D eigenvalue weighted by Gasteiger charge is 2.25. The van der Waals surface area contributed by atoms with Crippen LogP contribution in [0, 0.1) is 0 Å². The maximum Gasteiger partial charge on any atom is 0.263 e. The SMILES string of the molecule is O=c1c2ccccc2c2sc(-c3ccccc3)c3c4cc(-c5ccc(-c6ccc7c(c6)c6c(-c8ccccc8)sc8c9ccccc9c(=O)n7c86)cc5)ccc4n1c23. The van der Waals surface area contributed by atoms with Crippen LogP contribution in [0.15, 0.2) is 179 Å². The number of hydrogen-bond acceptors (Lipinski definition) is 4. The second-order valence-electron chi connectivity index (χ2n) is 15.1. The van der Waals surface area contributed by atoms with E-state index in [0.29, 0.717) is 0 Å². The first kappa shape index (κ1) is 32.0. The number of aromatic nitrogens is 2. The summed E-state index contributed by atoms with van der Waals surface area (Å²) < 4.78 is 6.15. The summed E-state index contributed by atoms with van der Waals surface area (Å²) in [4.78, 5) is 30.6. The summed E-state index contributed by atoms with van der Waals surface area (Å²) in [7, 11) is 0. The molecule has 0 atom stereocenters. The van der Waals surface area contributed by atoms with E-state index in [-0.39, 0.29) is 11.1 Å². The molecule has 6 heteroatoms. The maximum atomic E-state index is 14.1. The molecule has 0 amide bonds. The molecule has 13 rings (SSSR count). The summed E-state index contributed by atoms with van der Waals surface area (Å²) in [6, 6.07) is 58.8. The molecule has 0 saturated carbocycles. The lowest BCUT2D eigenvalue weighted by atomic mass is 9.97. The van der Waals surface area contributed by atoms with Crippen molar-refractivity contribution in [2.24, 2.45) is 0 Å². The fraction of sp³-hybridized carbons (Fsp3) is 0. The number of pyridine rings is 2. The Balaban J connectivity index is 0.983. The Labute approximate surface area is 338 Å². The van der Waals surface area contributed by atoms with Crippen molar-refractivity contribution in [2.45, 2.75) is 0 Å². The van der Waals surface area contributed by atoms with E-state index < -0.39 is 0 Å². The molecule has 0 N–H and O–H groups in total. The Bertz CT molecular complexity index is 3670. The highest BCUT2D eigenvalue weighted by atomic mass is 32.1. The highest BCUT2D eigenvalue weighted by molar-refractivity contribution is 7.25. The lowest BCUT2D eigenvalue weighted by Gasteiger charge is -2.08. The Morgan fingerprint density at radius 1 is 0.328 bits per heavy atom. The first-order valence-corrected chi connectivity index (χ1v) is 21.0. The third-order valence-electron chi connectivity index (χ3n) is 12.1. The summed E-state index contributed by atoms with van der Waals surface area (Å²) in [5.41, 5.74) is 10.6. The van der Waals surface area contributed by atoms with Crippen LogP contribution >= 0.6 is 22.7 Å². The molecule has 0 aliphatic rings. The van der Waals surface area contributed by atoms with Crippen LogP contribution in [-0.2, 0) is 0 Å². The molecule has 270 valence electrons. The lowest BCUT2D eigenvalue weighted by Crippen LogP contribution is -2.12. The summed E-state index contributed by atoms with van der Waals surface area (Å²) in [5, 5.41) is 7.92. The number of nitrogens with zero attached hydrogens (tertiary/aromatic N) is 2. The topological polar surface area (TPSA) is 43.0 Å². The van der Waals surface area contributed by atoms with Crippen LogP contribution in [0.2, 0.25) is 0 Å². The van der Waals surface area contributed by atoms with Crippen molar-refractivity contribution in [2.75, 3.05) is 0 Å². The second kappa shape index (κ2) is 11.7. The monoisotopic (exact) mass is 776 g/mol. The van der Waals surface area contributed by atoms with Crippen LogP contribution in [0.4, 0.5) is 0 Å². The predicted molar refractivity (Wildman–Crippen MR) is 246 cm³/mol. The first-order chi connectivity index (χ1) is 28.6. The zero-order valence-corrected chi connectivity index (χ0v) is 32.3. The summed E-state index contributed by atoms with van der Waals surface area (Å²) in [6.07, 6.45) is 0. The minimum absolute atomic E-state index is 0.0206. The van der Waals surface area contributed by atoms with Crippen molar-refractivity contribution < 1.29 is 0 Å². The summed E-state index contributed by atoms with van der Waals surface area (Å²) in [6.45, 7) is 0. The second-order valence-corrected chi connectivity index (χ2v) is 17.2. The third kappa shape index (κ3) is 4.22. The number of fused-ring (bicyclic) bond motifs is 10. The molecule has 0 saturated heterocycles. The number of thiophene rings is 2. The van der Waals surface area contributed by atoms with Crippen molar-refractivity contribution in [1.82, 2.24) is 8.80 Å². The molecule has 0 bridgehead atoms. The fourth-order valence-corrected chi connectivity index (χ4v) is 12.1. The van der Waals surface area contributed by atoms with Gasteiger partial charge in [0.1, 0.15) is 0 Å². The van der Waals surface area contributed by atoms with Gasteiger partial charge in [-0.15, -0.1) is 22.7 Å². The van der Waals surface area contributed by atoms with Gasteiger partial charge in [-0.05, 0) is 69.8 Å². The van der Waals surface area contributed by atoms with E-state index in [9.17, 15) is 9.59 Å². The lowest BCUT2D eigenvalue weighted by molar-refractivity contribution is 1.21. The van der Waals surface area contributed by atoms with Gasteiger partial charge in [0, 0.05) is 52.8 Å². The highest BCUT2D eigenvalue weighted by Crippen LogP contribution is 2.49. The minimum atomic E-state index is 0.0206. The molecule has 0 aliphatic carbocycles. The van der Waals surface area contributed by atoms with Crippen LogP contribution in [0.3, 0.4) is 0 Å². The Morgan fingerprint density at radius 3 is 1.10 bits per heavy atom. The van der Waals surface area contributed by atoms with Crippen LogP contribution in [0.5, 0.6) is 0 Å². The zero-order valence-electron chi connectivity index (χ0n) is 30.7. The number of hydrogen-bond donors (Lipinski definition) is 0. The molecule has 4 nitrogen and oxygen atoms in total. The molecule has 7 aromatic carbocycles. The molecule has 0 spiro atoms. The molecule has 0 aliphatic heterocycles. The Hall–Kier alpha value is -7.12. The zero-order chi connectivity index (χ0) is 38.2. The van der Waals surface area contributed by atoms with Gasteiger partial charge in [-0.1, -0.05) is 133 Å². The van der Waals surface area contributed by atoms with E-state index >= 15 is 0 Å². The molecule has 0 unspecified atom stereocenters. The number of rotatable bonds is 4. The maximum absolute atomic E-state index is 14.1. The van der Waals surface area contributed by atoms with Gasteiger partial charge in [0.2, 0.25) is 0 Å². The van der Waals surface area contributed by atoms with Gasteiger partial charge in [-0.3, -0.25) is 18.4 Å². The van der Waals surface area contributed by atoms with E-state index in [1.54, 1.807) is 22.7 Å². The molecular weight excluding hydrogens is 749 g/mol. The summed E-state index contributed by atoms with van der Waals surface area (Å²) >= 11 is 3.54.